The minimum Gasteiger partial charge on any atom is -0.480 e. The van der Waals surface area contributed by atoms with Crippen LogP contribution < -0.4 is 0 Å². The van der Waals surface area contributed by atoms with Gasteiger partial charge in [-0.25, -0.2) is 0 Å². The minimum atomic E-state index is -0.811. The van der Waals surface area contributed by atoms with E-state index in [1.807, 2.05) is 42.6 Å². The number of likely N-dealkylation sites (N-methyl/N-ethyl adjacent to an activating group) is 1. The molecule has 2 rings (SSSR count). The summed E-state index contributed by atoms with van der Waals surface area (Å²) in [6.45, 7) is 0.671. The van der Waals surface area contributed by atoms with Crippen molar-refractivity contribution in [2.75, 3.05) is 13.6 Å². The number of aromatic nitrogens is 1. The van der Waals surface area contributed by atoms with Crippen molar-refractivity contribution < 1.29 is 9.90 Å². The van der Waals surface area contributed by atoms with Gasteiger partial charge in [0.2, 0.25) is 0 Å². The highest BCUT2D eigenvalue weighted by Gasteiger charge is 2.05. The Balaban J connectivity index is 2.05. The van der Waals surface area contributed by atoms with Gasteiger partial charge in [0, 0.05) is 18.9 Å². The predicted molar refractivity (Wildman–Crippen MR) is 73.6 cm³/mol. The third-order valence-corrected chi connectivity index (χ3v) is 2.81. The second-order valence-electron chi connectivity index (χ2n) is 4.50. The lowest BCUT2D eigenvalue weighted by atomic mass is 10.1. The molecule has 0 amide bonds. The summed E-state index contributed by atoms with van der Waals surface area (Å²) in [5.41, 5.74) is 3.28. The zero-order chi connectivity index (χ0) is 13.7. The maximum Gasteiger partial charge on any atom is 0.317 e. The van der Waals surface area contributed by atoms with Crippen LogP contribution in [0.1, 0.15) is 5.56 Å². The first-order valence-electron chi connectivity index (χ1n) is 6.05. The van der Waals surface area contributed by atoms with Gasteiger partial charge in [-0.05, 0) is 29.8 Å². The van der Waals surface area contributed by atoms with Crippen LogP contribution in [0.15, 0.2) is 48.8 Å². The SMILES string of the molecule is CN(CC(=O)O)Cc1ccc(-c2cccnc2)cc1. The zero-order valence-corrected chi connectivity index (χ0v) is 10.8. The summed E-state index contributed by atoms with van der Waals surface area (Å²) < 4.78 is 0. The van der Waals surface area contributed by atoms with Gasteiger partial charge in [0.1, 0.15) is 0 Å². The molecule has 0 radical (unpaired) electrons. The van der Waals surface area contributed by atoms with E-state index in [4.69, 9.17) is 5.11 Å². The van der Waals surface area contributed by atoms with Crippen LogP contribution in [0.5, 0.6) is 0 Å². The van der Waals surface area contributed by atoms with Crippen LogP contribution in [0.2, 0.25) is 0 Å². The van der Waals surface area contributed by atoms with E-state index in [0.29, 0.717) is 6.54 Å². The fourth-order valence-corrected chi connectivity index (χ4v) is 1.93. The molecule has 4 heteroatoms. The summed E-state index contributed by atoms with van der Waals surface area (Å²) in [4.78, 5) is 16.4. The summed E-state index contributed by atoms with van der Waals surface area (Å²) in [6.07, 6.45) is 3.57. The van der Waals surface area contributed by atoms with E-state index in [2.05, 4.69) is 4.98 Å². The smallest absolute Gasteiger partial charge is 0.317 e. The van der Waals surface area contributed by atoms with Crippen LogP contribution in [-0.2, 0) is 11.3 Å². The van der Waals surface area contributed by atoms with Crippen LogP contribution in [0.4, 0.5) is 0 Å². The van der Waals surface area contributed by atoms with Gasteiger partial charge in [-0.2, -0.15) is 0 Å². The van der Waals surface area contributed by atoms with Crippen molar-refractivity contribution in [3.05, 3.63) is 54.4 Å². The summed E-state index contributed by atoms with van der Waals surface area (Å²) >= 11 is 0. The molecule has 98 valence electrons. The van der Waals surface area contributed by atoms with Gasteiger partial charge in [-0.3, -0.25) is 14.7 Å². The predicted octanol–water partition coefficient (Wildman–Crippen LogP) is 2.26. The summed E-state index contributed by atoms with van der Waals surface area (Å²) in [7, 11) is 1.79. The van der Waals surface area contributed by atoms with E-state index < -0.39 is 5.97 Å². The van der Waals surface area contributed by atoms with Crippen LogP contribution in [0, 0.1) is 0 Å². The second kappa shape index (κ2) is 6.11. The molecule has 1 heterocycles. The lowest BCUT2D eigenvalue weighted by molar-refractivity contribution is -0.138. The lowest BCUT2D eigenvalue weighted by Gasteiger charge is -2.14. The topological polar surface area (TPSA) is 53.4 Å². The molecule has 0 aliphatic rings. The van der Waals surface area contributed by atoms with Gasteiger partial charge in [-0.15, -0.1) is 0 Å². The maximum absolute atomic E-state index is 10.6. The van der Waals surface area contributed by atoms with Crippen molar-refractivity contribution in [1.82, 2.24) is 9.88 Å². The van der Waals surface area contributed by atoms with Crippen molar-refractivity contribution >= 4 is 5.97 Å². The van der Waals surface area contributed by atoms with Crippen molar-refractivity contribution in [3.63, 3.8) is 0 Å². The largest absolute Gasteiger partial charge is 0.480 e. The van der Waals surface area contributed by atoms with E-state index >= 15 is 0 Å². The Bertz CT molecular complexity index is 538. The number of pyridine rings is 1. The molecule has 2 aromatic rings. The number of hydrogen-bond acceptors (Lipinski definition) is 3. The van der Waals surface area contributed by atoms with Gasteiger partial charge >= 0.3 is 5.97 Å². The highest BCUT2D eigenvalue weighted by Crippen LogP contribution is 2.18. The lowest BCUT2D eigenvalue weighted by Crippen LogP contribution is -2.25. The molecule has 0 fully saturated rings. The number of carboxylic acid groups (broad SMARTS) is 1. The molecule has 0 aliphatic heterocycles. The summed E-state index contributed by atoms with van der Waals surface area (Å²) in [5, 5.41) is 8.71. The fraction of sp³-hybridized carbons (Fsp3) is 0.200. The molecule has 1 aromatic heterocycles. The van der Waals surface area contributed by atoms with Crippen LogP contribution in [0.25, 0.3) is 11.1 Å². The van der Waals surface area contributed by atoms with E-state index in [1.165, 1.54) is 0 Å². The van der Waals surface area contributed by atoms with Gasteiger partial charge < -0.3 is 5.11 Å². The number of hydrogen-bond donors (Lipinski definition) is 1. The highest BCUT2D eigenvalue weighted by molar-refractivity contribution is 5.69. The van der Waals surface area contributed by atoms with Crippen molar-refractivity contribution in [1.29, 1.82) is 0 Å². The van der Waals surface area contributed by atoms with E-state index in [0.717, 1.165) is 16.7 Å². The average molecular weight is 256 g/mol. The normalized spacial score (nSPS) is 10.6. The minimum absolute atomic E-state index is 0.0460. The standard InChI is InChI=1S/C15H16N2O2/c1-17(11-15(18)19)10-12-4-6-13(7-5-12)14-3-2-8-16-9-14/h2-9H,10-11H2,1H3,(H,18,19). The fourth-order valence-electron chi connectivity index (χ4n) is 1.93. The number of carbonyl (C=O) groups is 1. The summed E-state index contributed by atoms with van der Waals surface area (Å²) in [6, 6.07) is 12.0. The molecule has 4 nitrogen and oxygen atoms in total. The molecule has 0 saturated heterocycles. The molecule has 0 aliphatic carbocycles. The first kappa shape index (κ1) is 13.2. The van der Waals surface area contributed by atoms with Crippen molar-refractivity contribution in [2.45, 2.75) is 6.54 Å². The number of carboxylic acids is 1. The van der Waals surface area contributed by atoms with Crippen LogP contribution >= 0.6 is 0 Å². The van der Waals surface area contributed by atoms with E-state index in [-0.39, 0.29) is 6.54 Å². The van der Waals surface area contributed by atoms with Gasteiger partial charge in [0.05, 0.1) is 6.54 Å². The monoisotopic (exact) mass is 256 g/mol. The Morgan fingerprint density at radius 1 is 1.21 bits per heavy atom. The Morgan fingerprint density at radius 2 is 1.95 bits per heavy atom. The average Bonchev–Trinajstić information content (AvgIpc) is 2.39. The Kier molecular flexibility index (Phi) is 4.26. The molecule has 0 saturated carbocycles. The Morgan fingerprint density at radius 3 is 2.53 bits per heavy atom. The molecule has 0 spiro atoms. The Labute approximate surface area is 112 Å². The highest BCUT2D eigenvalue weighted by atomic mass is 16.4. The number of nitrogens with zero attached hydrogens (tertiary/aromatic N) is 2. The maximum atomic E-state index is 10.6. The first-order chi connectivity index (χ1) is 9.15. The molecule has 0 bridgehead atoms. The molecule has 1 N–H and O–H groups in total. The van der Waals surface area contributed by atoms with E-state index in [1.54, 1.807) is 18.1 Å². The molecule has 0 unspecified atom stereocenters. The quantitative estimate of drug-likeness (QED) is 0.891. The summed E-state index contributed by atoms with van der Waals surface area (Å²) in [5.74, 6) is -0.811. The van der Waals surface area contributed by atoms with Gasteiger partial charge in [-0.1, -0.05) is 30.3 Å². The molecular weight excluding hydrogens is 240 g/mol. The van der Waals surface area contributed by atoms with Gasteiger partial charge in [0.25, 0.3) is 0 Å². The van der Waals surface area contributed by atoms with Crippen molar-refractivity contribution in [2.24, 2.45) is 0 Å². The second-order valence-corrected chi connectivity index (χ2v) is 4.50. The third kappa shape index (κ3) is 3.89. The van der Waals surface area contributed by atoms with Crippen LogP contribution in [0.3, 0.4) is 0 Å². The molecule has 19 heavy (non-hydrogen) atoms. The third-order valence-electron chi connectivity index (χ3n) is 2.81. The first-order valence-corrected chi connectivity index (χ1v) is 6.05. The zero-order valence-electron chi connectivity index (χ0n) is 10.8. The number of benzene rings is 1. The van der Waals surface area contributed by atoms with Gasteiger partial charge in [0.15, 0.2) is 0 Å². The van der Waals surface area contributed by atoms with Crippen molar-refractivity contribution in [3.8, 4) is 11.1 Å². The molecular formula is C15H16N2O2. The van der Waals surface area contributed by atoms with Crippen LogP contribution in [-0.4, -0.2) is 34.6 Å². The molecule has 1 aromatic carbocycles. The number of rotatable bonds is 5. The molecule has 0 atom stereocenters. The Hall–Kier alpha value is -2.20. The van der Waals surface area contributed by atoms with E-state index in [9.17, 15) is 4.79 Å². The number of aliphatic carboxylic acids is 1.